The van der Waals surface area contributed by atoms with E-state index >= 15 is 0 Å². The minimum Gasteiger partial charge on any atom is -0.483 e. The van der Waals surface area contributed by atoms with Gasteiger partial charge < -0.3 is 14.5 Å². The maximum atomic E-state index is 13.7. The topological polar surface area (TPSA) is 49.9 Å². The first-order valence-corrected chi connectivity index (χ1v) is 11.2. The van der Waals surface area contributed by atoms with Crippen LogP contribution in [0.15, 0.2) is 35.6 Å². The van der Waals surface area contributed by atoms with Gasteiger partial charge in [0.25, 0.3) is 5.91 Å². The second-order valence-electron chi connectivity index (χ2n) is 9.76. The molecule has 0 spiro atoms. The van der Waals surface area contributed by atoms with Crippen molar-refractivity contribution in [1.82, 2.24) is 9.80 Å². The van der Waals surface area contributed by atoms with Crippen LogP contribution in [0.5, 0.6) is 0 Å². The largest absolute Gasteiger partial charge is 0.483 e. The second kappa shape index (κ2) is 8.18. The van der Waals surface area contributed by atoms with Crippen molar-refractivity contribution in [3.05, 3.63) is 46.7 Å². The van der Waals surface area contributed by atoms with Gasteiger partial charge in [-0.25, -0.2) is 0 Å². The average Bonchev–Trinajstić information content (AvgIpc) is 2.97. The fraction of sp³-hybridized carbons (Fsp3) is 0.600. The molecule has 0 bridgehead atoms. The van der Waals surface area contributed by atoms with E-state index in [1.807, 2.05) is 38.1 Å². The number of rotatable bonds is 5. The Hall–Kier alpha value is -2.14. The molecule has 1 amide bonds. The summed E-state index contributed by atoms with van der Waals surface area (Å²) in [6, 6.07) is 7.87. The third kappa shape index (κ3) is 3.68. The number of ketones is 1. The van der Waals surface area contributed by atoms with E-state index in [0.29, 0.717) is 29.7 Å². The molecule has 5 unspecified atom stereocenters. The summed E-state index contributed by atoms with van der Waals surface area (Å²) >= 11 is 0. The van der Waals surface area contributed by atoms with Crippen molar-refractivity contribution in [3.63, 3.8) is 0 Å². The van der Waals surface area contributed by atoms with Crippen molar-refractivity contribution in [2.75, 3.05) is 27.2 Å². The van der Waals surface area contributed by atoms with E-state index in [1.54, 1.807) is 0 Å². The Balaban J connectivity index is 1.70. The van der Waals surface area contributed by atoms with E-state index in [-0.39, 0.29) is 29.8 Å². The Bertz CT molecular complexity index is 858. The van der Waals surface area contributed by atoms with Gasteiger partial charge in [0.15, 0.2) is 11.5 Å². The summed E-state index contributed by atoms with van der Waals surface area (Å²) in [5.41, 5.74) is 2.76. The Kier molecular flexibility index (Phi) is 5.75. The van der Waals surface area contributed by atoms with E-state index in [0.717, 1.165) is 36.9 Å². The molecule has 1 aliphatic carbocycles. The lowest BCUT2D eigenvalue weighted by Crippen LogP contribution is -2.43. The van der Waals surface area contributed by atoms with Crippen LogP contribution in [0.1, 0.15) is 50.3 Å². The first-order valence-electron chi connectivity index (χ1n) is 11.2. The summed E-state index contributed by atoms with van der Waals surface area (Å²) < 4.78 is 6.31. The molecule has 2 aliphatic heterocycles. The van der Waals surface area contributed by atoms with Crippen molar-refractivity contribution in [3.8, 4) is 0 Å². The summed E-state index contributed by atoms with van der Waals surface area (Å²) in [6.07, 6.45) is 2.39. The van der Waals surface area contributed by atoms with E-state index in [4.69, 9.17) is 4.74 Å². The molecule has 3 aliphatic rings. The number of hydrogen-bond donors (Lipinski definition) is 0. The number of fused-ring (bicyclic) bond motifs is 1. The number of nitrogens with zero attached hydrogens (tertiary/aromatic N) is 2. The van der Waals surface area contributed by atoms with Crippen LogP contribution < -0.4 is 0 Å². The van der Waals surface area contributed by atoms with E-state index in [1.165, 1.54) is 0 Å². The summed E-state index contributed by atoms with van der Waals surface area (Å²) in [7, 11) is 4.07. The molecular weight excluding hydrogens is 376 g/mol. The lowest BCUT2D eigenvalue weighted by atomic mass is 9.70. The number of carbonyl (C=O) groups is 2. The van der Waals surface area contributed by atoms with E-state index in [9.17, 15) is 9.59 Å². The van der Waals surface area contributed by atoms with Crippen LogP contribution in [0.3, 0.4) is 0 Å². The predicted octanol–water partition coefficient (Wildman–Crippen LogP) is 3.73. The third-order valence-corrected chi connectivity index (χ3v) is 7.20. The molecule has 2 heterocycles. The van der Waals surface area contributed by atoms with Gasteiger partial charge in [0, 0.05) is 6.54 Å². The molecule has 1 fully saturated rings. The van der Waals surface area contributed by atoms with Crippen molar-refractivity contribution >= 4 is 11.7 Å². The monoisotopic (exact) mass is 410 g/mol. The predicted molar refractivity (Wildman–Crippen MR) is 117 cm³/mol. The summed E-state index contributed by atoms with van der Waals surface area (Å²) in [4.78, 5) is 31.1. The zero-order valence-corrected chi connectivity index (χ0v) is 18.9. The molecule has 0 saturated heterocycles. The SMILES string of the molecule is Cc1ccc(C2C3=C(OC4CC(C)C(C)CC4C3=O)C(=O)N2CCCN(C)C)cc1. The maximum absolute atomic E-state index is 13.7. The van der Waals surface area contributed by atoms with Gasteiger partial charge in [-0.1, -0.05) is 43.7 Å². The summed E-state index contributed by atoms with van der Waals surface area (Å²) in [5, 5.41) is 0. The Morgan fingerprint density at radius 3 is 2.40 bits per heavy atom. The molecule has 0 radical (unpaired) electrons. The molecule has 1 aromatic carbocycles. The summed E-state index contributed by atoms with van der Waals surface area (Å²) in [5.74, 6) is 1.20. The first kappa shape index (κ1) is 21.1. The Morgan fingerprint density at radius 2 is 1.73 bits per heavy atom. The zero-order chi connectivity index (χ0) is 21.6. The van der Waals surface area contributed by atoms with Crippen molar-refractivity contribution in [1.29, 1.82) is 0 Å². The van der Waals surface area contributed by atoms with Gasteiger partial charge in [0.05, 0.1) is 17.5 Å². The number of amides is 1. The second-order valence-corrected chi connectivity index (χ2v) is 9.76. The maximum Gasteiger partial charge on any atom is 0.290 e. The molecule has 5 nitrogen and oxygen atoms in total. The minimum absolute atomic E-state index is 0.118. The smallest absolute Gasteiger partial charge is 0.290 e. The van der Waals surface area contributed by atoms with E-state index < -0.39 is 0 Å². The number of hydrogen-bond acceptors (Lipinski definition) is 4. The average molecular weight is 411 g/mol. The molecule has 1 aromatic rings. The van der Waals surface area contributed by atoms with Crippen LogP contribution in [0.2, 0.25) is 0 Å². The van der Waals surface area contributed by atoms with Gasteiger partial charge in [-0.15, -0.1) is 0 Å². The standard InChI is InChI=1S/C25H34N2O3/c1-15-7-9-18(10-8-15)22-21-23(28)19-13-16(2)17(3)14-20(19)30-24(21)25(29)27(22)12-6-11-26(4)5/h7-10,16-17,19-20,22H,6,11-14H2,1-5H3. The summed E-state index contributed by atoms with van der Waals surface area (Å²) in [6.45, 7) is 8.00. The number of benzene rings is 1. The molecule has 0 aromatic heterocycles. The quantitative estimate of drug-likeness (QED) is 0.742. The highest BCUT2D eigenvalue weighted by atomic mass is 16.5. The van der Waals surface area contributed by atoms with Gasteiger partial charge >= 0.3 is 0 Å². The van der Waals surface area contributed by atoms with Crippen molar-refractivity contribution in [2.45, 2.75) is 52.2 Å². The fourth-order valence-corrected chi connectivity index (χ4v) is 5.19. The molecule has 4 rings (SSSR count). The lowest BCUT2D eigenvalue weighted by molar-refractivity contribution is -0.137. The molecule has 1 saturated carbocycles. The highest BCUT2D eigenvalue weighted by molar-refractivity contribution is 6.11. The lowest BCUT2D eigenvalue weighted by Gasteiger charge is -2.40. The first-order chi connectivity index (χ1) is 14.3. The normalized spacial score (nSPS) is 31.1. The van der Waals surface area contributed by atoms with Gasteiger partial charge in [-0.05, 0) is 64.2 Å². The Morgan fingerprint density at radius 1 is 1.07 bits per heavy atom. The highest BCUT2D eigenvalue weighted by Crippen LogP contribution is 2.48. The van der Waals surface area contributed by atoms with Gasteiger partial charge in [0.2, 0.25) is 0 Å². The number of Topliss-reactive ketones (excluding diaryl/α,β-unsaturated/α-hetero) is 1. The van der Waals surface area contributed by atoms with Crippen LogP contribution in [0, 0.1) is 24.7 Å². The van der Waals surface area contributed by atoms with Gasteiger partial charge in [0.1, 0.15) is 6.10 Å². The van der Waals surface area contributed by atoms with Gasteiger partial charge in [-0.2, -0.15) is 0 Å². The molecule has 5 atom stereocenters. The number of aryl methyl sites for hydroxylation is 1. The molecular formula is C25H34N2O3. The third-order valence-electron chi connectivity index (χ3n) is 7.20. The van der Waals surface area contributed by atoms with Crippen LogP contribution in [0.4, 0.5) is 0 Å². The molecule has 0 N–H and O–H groups in total. The number of ether oxygens (including phenoxy) is 1. The Labute approximate surface area is 180 Å². The molecule has 5 heteroatoms. The van der Waals surface area contributed by atoms with E-state index in [2.05, 4.69) is 30.9 Å². The van der Waals surface area contributed by atoms with Crippen LogP contribution in [-0.2, 0) is 14.3 Å². The van der Waals surface area contributed by atoms with Crippen LogP contribution in [0.25, 0.3) is 0 Å². The van der Waals surface area contributed by atoms with Gasteiger partial charge in [-0.3, -0.25) is 9.59 Å². The minimum atomic E-state index is -0.335. The van der Waals surface area contributed by atoms with Crippen molar-refractivity contribution < 1.29 is 14.3 Å². The molecule has 162 valence electrons. The zero-order valence-electron chi connectivity index (χ0n) is 18.9. The fourth-order valence-electron chi connectivity index (χ4n) is 5.19. The van der Waals surface area contributed by atoms with Crippen molar-refractivity contribution in [2.24, 2.45) is 17.8 Å². The highest BCUT2D eigenvalue weighted by Gasteiger charge is 2.53. The molecule has 30 heavy (non-hydrogen) atoms. The number of carbonyl (C=O) groups excluding carboxylic acids is 2. The van der Waals surface area contributed by atoms with Crippen LogP contribution in [-0.4, -0.2) is 54.8 Å². The van der Waals surface area contributed by atoms with Crippen LogP contribution >= 0.6 is 0 Å².